The lowest BCUT2D eigenvalue weighted by Gasteiger charge is -2.13. The molecule has 0 bridgehead atoms. The first kappa shape index (κ1) is 24.3. The third kappa shape index (κ3) is 4.84. The topological polar surface area (TPSA) is 87.0 Å². The number of para-hydroxylation sites is 1. The van der Waals surface area contributed by atoms with E-state index in [1.807, 2.05) is 71.0 Å². The van der Waals surface area contributed by atoms with Crippen molar-refractivity contribution in [2.75, 3.05) is 11.9 Å². The first-order valence-corrected chi connectivity index (χ1v) is 12.6. The summed E-state index contributed by atoms with van der Waals surface area (Å²) in [5.74, 6) is 1.08. The van der Waals surface area contributed by atoms with Crippen LogP contribution in [0.25, 0.3) is 16.7 Å². The van der Waals surface area contributed by atoms with E-state index in [0.29, 0.717) is 30.8 Å². The van der Waals surface area contributed by atoms with Crippen LogP contribution in [0.15, 0.2) is 82.8 Å². The van der Waals surface area contributed by atoms with Gasteiger partial charge in [0.15, 0.2) is 5.65 Å². The second kappa shape index (κ2) is 10.3. The van der Waals surface area contributed by atoms with E-state index in [2.05, 4.69) is 36.4 Å². The number of rotatable bonds is 8. The maximum absolute atomic E-state index is 13.4. The Balaban J connectivity index is 1.70. The number of anilines is 2. The van der Waals surface area contributed by atoms with Crippen LogP contribution in [-0.2, 0) is 20.1 Å². The smallest absolute Gasteiger partial charge is 0.331 e. The van der Waals surface area contributed by atoms with Gasteiger partial charge in [-0.15, -0.1) is 0 Å². The second-order valence-electron chi connectivity index (χ2n) is 9.46. The molecular formula is C28H32N8O. The molecule has 9 nitrogen and oxygen atoms in total. The highest BCUT2D eigenvalue weighted by Gasteiger charge is 2.21. The van der Waals surface area contributed by atoms with Gasteiger partial charge in [0.2, 0.25) is 0 Å². The lowest BCUT2D eigenvalue weighted by atomic mass is 10.2. The van der Waals surface area contributed by atoms with Crippen molar-refractivity contribution >= 4 is 22.5 Å². The maximum Gasteiger partial charge on any atom is 0.331 e. The molecule has 37 heavy (non-hydrogen) atoms. The molecule has 3 heterocycles. The number of nitrogens with zero attached hydrogens (tertiary/aromatic N) is 7. The quantitative estimate of drug-likeness (QED) is 0.351. The number of fused-ring (bicyclic) bond motifs is 1. The molecule has 9 heteroatoms. The minimum atomic E-state index is -0.118. The molecule has 0 aliphatic heterocycles. The van der Waals surface area contributed by atoms with Crippen molar-refractivity contribution in [2.24, 2.45) is 18.0 Å². The van der Waals surface area contributed by atoms with Gasteiger partial charge >= 0.3 is 5.69 Å². The minimum absolute atomic E-state index is 0.118. The zero-order chi connectivity index (χ0) is 25.9. The molecule has 0 aliphatic rings. The highest BCUT2D eigenvalue weighted by Crippen LogP contribution is 2.25. The fourth-order valence-electron chi connectivity index (χ4n) is 4.49. The Labute approximate surface area is 215 Å². The van der Waals surface area contributed by atoms with Gasteiger partial charge in [0.1, 0.15) is 16.7 Å². The van der Waals surface area contributed by atoms with E-state index in [9.17, 15) is 4.79 Å². The van der Waals surface area contributed by atoms with Crippen molar-refractivity contribution < 1.29 is 0 Å². The van der Waals surface area contributed by atoms with Gasteiger partial charge in [-0.3, -0.25) is 14.1 Å². The number of hydrogen-bond donors (Lipinski definition) is 1. The molecule has 0 spiro atoms. The summed E-state index contributed by atoms with van der Waals surface area (Å²) in [5.41, 5.74) is 4.15. The molecule has 3 aromatic heterocycles. The third-order valence-corrected chi connectivity index (χ3v) is 6.18. The average molecular weight is 497 g/mol. The highest BCUT2D eigenvalue weighted by molar-refractivity contribution is 5.89. The van der Waals surface area contributed by atoms with Crippen LogP contribution >= 0.6 is 0 Å². The van der Waals surface area contributed by atoms with E-state index in [4.69, 9.17) is 10.1 Å². The monoisotopic (exact) mass is 496 g/mol. The standard InChI is InChI=1S/C28H32N8O/c1-5-29-25-24-26(31-22-10-7-6-8-11-22)36(32-27(24)34(18-20(2)3)28(37)33(25)4)19-21-12-14-23(15-13-21)35-17-9-16-30-35/h6-17,20,31H,5,18-19H2,1-4H3/b29-25-. The van der Waals surface area contributed by atoms with E-state index in [0.717, 1.165) is 28.1 Å². The summed E-state index contributed by atoms with van der Waals surface area (Å²) in [7, 11) is 1.78. The predicted molar refractivity (Wildman–Crippen MR) is 146 cm³/mol. The lowest BCUT2D eigenvalue weighted by Crippen LogP contribution is -2.39. The summed E-state index contributed by atoms with van der Waals surface area (Å²) >= 11 is 0. The summed E-state index contributed by atoms with van der Waals surface area (Å²) in [4.78, 5) is 18.1. The highest BCUT2D eigenvalue weighted by atomic mass is 16.1. The molecule has 2 aromatic carbocycles. The Bertz CT molecular complexity index is 1620. The normalized spacial score (nSPS) is 12.1. The Kier molecular flexibility index (Phi) is 6.76. The van der Waals surface area contributed by atoms with E-state index >= 15 is 0 Å². The van der Waals surface area contributed by atoms with Gasteiger partial charge in [-0.1, -0.05) is 44.2 Å². The lowest BCUT2D eigenvalue weighted by molar-refractivity contribution is 0.496. The van der Waals surface area contributed by atoms with Crippen molar-refractivity contribution in [1.29, 1.82) is 0 Å². The minimum Gasteiger partial charge on any atom is -0.340 e. The summed E-state index contributed by atoms with van der Waals surface area (Å²) < 4.78 is 7.17. The number of benzene rings is 2. The fourth-order valence-corrected chi connectivity index (χ4v) is 4.49. The Morgan fingerprint density at radius 1 is 1.03 bits per heavy atom. The van der Waals surface area contributed by atoms with Gasteiger partial charge < -0.3 is 5.32 Å². The molecule has 0 unspecified atom stereocenters. The molecule has 5 aromatic rings. The summed E-state index contributed by atoms with van der Waals surface area (Å²) in [5, 5.41) is 13.7. The van der Waals surface area contributed by atoms with E-state index in [1.165, 1.54) is 0 Å². The van der Waals surface area contributed by atoms with Gasteiger partial charge in [-0.05, 0) is 48.7 Å². The van der Waals surface area contributed by atoms with E-state index in [-0.39, 0.29) is 11.6 Å². The van der Waals surface area contributed by atoms with Crippen LogP contribution in [0.1, 0.15) is 26.3 Å². The molecule has 190 valence electrons. The molecule has 0 saturated heterocycles. The predicted octanol–water partition coefficient (Wildman–Crippen LogP) is 4.09. The first-order valence-electron chi connectivity index (χ1n) is 12.6. The van der Waals surface area contributed by atoms with Gasteiger partial charge in [0.25, 0.3) is 0 Å². The summed E-state index contributed by atoms with van der Waals surface area (Å²) in [6.07, 6.45) is 3.68. The Morgan fingerprint density at radius 2 is 1.78 bits per heavy atom. The van der Waals surface area contributed by atoms with Gasteiger partial charge in [0.05, 0.1) is 12.2 Å². The van der Waals surface area contributed by atoms with Crippen molar-refractivity contribution in [2.45, 2.75) is 33.9 Å². The third-order valence-electron chi connectivity index (χ3n) is 6.18. The van der Waals surface area contributed by atoms with Gasteiger partial charge in [-0.2, -0.15) is 10.2 Å². The largest absolute Gasteiger partial charge is 0.340 e. The van der Waals surface area contributed by atoms with Crippen LogP contribution in [0.2, 0.25) is 0 Å². The zero-order valence-electron chi connectivity index (χ0n) is 21.7. The van der Waals surface area contributed by atoms with Gasteiger partial charge in [0, 0.05) is 38.2 Å². The van der Waals surface area contributed by atoms with Crippen LogP contribution in [-0.4, -0.2) is 35.2 Å². The Morgan fingerprint density at radius 3 is 2.43 bits per heavy atom. The molecule has 0 amide bonds. The van der Waals surface area contributed by atoms with Crippen LogP contribution in [0.4, 0.5) is 11.5 Å². The van der Waals surface area contributed by atoms with Crippen molar-refractivity contribution in [3.8, 4) is 5.69 Å². The first-order chi connectivity index (χ1) is 18.0. The summed E-state index contributed by atoms with van der Waals surface area (Å²) in [6, 6.07) is 20.1. The SMILES string of the molecule is CC/N=c1/c2c(Nc3ccccc3)n(Cc3ccc(-n4cccn4)cc3)nc2n(CC(C)C)c(=O)n1C. The maximum atomic E-state index is 13.4. The molecule has 1 N–H and O–H groups in total. The van der Waals surface area contributed by atoms with Crippen molar-refractivity contribution in [1.82, 2.24) is 28.7 Å². The summed E-state index contributed by atoms with van der Waals surface area (Å²) in [6.45, 7) is 7.82. The van der Waals surface area contributed by atoms with E-state index < -0.39 is 0 Å². The van der Waals surface area contributed by atoms with Crippen LogP contribution in [0.3, 0.4) is 0 Å². The molecule has 0 radical (unpaired) electrons. The molecule has 0 fully saturated rings. The Hall–Kier alpha value is -4.40. The van der Waals surface area contributed by atoms with Crippen LogP contribution in [0, 0.1) is 5.92 Å². The van der Waals surface area contributed by atoms with Crippen molar-refractivity contribution in [3.05, 3.63) is 94.6 Å². The molecule has 0 atom stereocenters. The van der Waals surface area contributed by atoms with Crippen molar-refractivity contribution in [3.63, 3.8) is 0 Å². The van der Waals surface area contributed by atoms with Gasteiger partial charge in [-0.25, -0.2) is 14.2 Å². The van der Waals surface area contributed by atoms with E-state index in [1.54, 1.807) is 22.4 Å². The average Bonchev–Trinajstić information content (AvgIpc) is 3.55. The molecule has 0 saturated carbocycles. The number of aromatic nitrogens is 6. The molecule has 5 rings (SSSR count). The molecule has 0 aliphatic carbocycles. The zero-order valence-corrected chi connectivity index (χ0v) is 21.7. The second-order valence-corrected chi connectivity index (χ2v) is 9.46. The van der Waals surface area contributed by atoms with Crippen LogP contribution in [0.5, 0.6) is 0 Å². The number of hydrogen-bond acceptors (Lipinski definition) is 5. The molecular weight excluding hydrogens is 464 g/mol. The fraction of sp³-hybridized carbons (Fsp3) is 0.286. The van der Waals surface area contributed by atoms with Crippen LogP contribution < -0.4 is 16.5 Å². The number of nitrogens with one attached hydrogen (secondary N) is 1.